The van der Waals surface area contributed by atoms with E-state index < -0.39 is 12.0 Å². The highest BCUT2D eigenvalue weighted by Gasteiger charge is 2.17. The van der Waals surface area contributed by atoms with Gasteiger partial charge in [0.1, 0.15) is 6.04 Å². The van der Waals surface area contributed by atoms with Crippen molar-refractivity contribution in [3.63, 3.8) is 0 Å². The van der Waals surface area contributed by atoms with Crippen LogP contribution in [0.2, 0.25) is 0 Å². The van der Waals surface area contributed by atoms with Crippen molar-refractivity contribution in [3.05, 3.63) is 30.6 Å². The molecule has 1 heterocycles. The maximum atomic E-state index is 10.6. The highest BCUT2D eigenvalue weighted by Crippen LogP contribution is 2.09. The smallest absolute Gasteiger partial charge is 0.326 e. The molecule has 13 heavy (non-hydrogen) atoms. The molecule has 0 aliphatic heterocycles. The van der Waals surface area contributed by atoms with Gasteiger partial charge in [-0.2, -0.15) is 5.10 Å². The largest absolute Gasteiger partial charge is 0.480 e. The normalized spacial score (nSPS) is 12.4. The van der Waals surface area contributed by atoms with E-state index in [1.54, 1.807) is 12.1 Å². The van der Waals surface area contributed by atoms with Crippen LogP contribution in [-0.2, 0) is 11.3 Å². The van der Waals surface area contributed by atoms with Crippen molar-refractivity contribution in [2.24, 2.45) is 5.73 Å². The van der Waals surface area contributed by atoms with E-state index in [9.17, 15) is 4.79 Å². The molecule has 0 fully saturated rings. The SMILES string of the molecule is C=CCn1nccc1C(N)C(=O)O. The first kappa shape index (κ1) is 9.47. The lowest BCUT2D eigenvalue weighted by Crippen LogP contribution is -2.24. The molecule has 70 valence electrons. The molecule has 0 saturated heterocycles. The molecule has 0 saturated carbocycles. The first-order chi connectivity index (χ1) is 6.16. The average Bonchev–Trinajstić information content (AvgIpc) is 2.52. The Morgan fingerprint density at radius 1 is 1.92 bits per heavy atom. The molecular formula is C8H11N3O2. The van der Waals surface area contributed by atoms with E-state index in [2.05, 4.69) is 11.7 Å². The van der Waals surface area contributed by atoms with Gasteiger partial charge in [-0.25, -0.2) is 0 Å². The summed E-state index contributed by atoms with van der Waals surface area (Å²) in [5.41, 5.74) is 5.90. The molecule has 3 N–H and O–H groups in total. The molecule has 1 unspecified atom stereocenters. The minimum atomic E-state index is -1.06. The topological polar surface area (TPSA) is 81.1 Å². The highest BCUT2D eigenvalue weighted by atomic mass is 16.4. The Kier molecular flexibility index (Phi) is 2.81. The maximum Gasteiger partial charge on any atom is 0.326 e. The van der Waals surface area contributed by atoms with Crippen LogP contribution in [-0.4, -0.2) is 20.9 Å². The van der Waals surface area contributed by atoms with E-state index in [-0.39, 0.29) is 0 Å². The van der Waals surface area contributed by atoms with Gasteiger partial charge in [0, 0.05) is 6.20 Å². The molecule has 1 aromatic heterocycles. The molecule has 0 amide bonds. The van der Waals surface area contributed by atoms with Gasteiger partial charge in [-0.1, -0.05) is 6.08 Å². The van der Waals surface area contributed by atoms with Crippen molar-refractivity contribution in [2.45, 2.75) is 12.6 Å². The number of nitrogens with zero attached hydrogens (tertiary/aromatic N) is 2. The van der Waals surface area contributed by atoms with Gasteiger partial charge in [0.05, 0.1) is 12.2 Å². The Morgan fingerprint density at radius 3 is 3.15 bits per heavy atom. The van der Waals surface area contributed by atoms with Crippen LogP contribution in [0.1, 0.15) is 11.7 Å². The molecule has 1 aromatic rings. The molecule has 5 heteroatoms. The Labute approximate surface area is 75.5 Å². The van der Waals surface area contributed by atoms with Gasteiger partial charge < -0.3 is 10.8 Å². The van der Waals surface area contributed by atoms with Gasteiger partial charge in [0.25, 0.3) is 0 Å². The van der Waals surface area contributed by atoms with Crippen LogP contribution in [0, 0.1) is 0 Å². The summed E-state index contributed by atoms with van der Waals surface area (Å²) >= 11 is 0. The fraction of sp³-hybridized carbons (Fsp3) is 0.250. The lowest BCUT2D eigenvalue weighted by molar-refractivity contribution is -0.138. The summed E-state index contributed by atoms with van der Waals surface area (Å²) in [5.74, 6) is -1.06. The highest BCUT2D eigenvalue weighted by molar-refractivity contribution is 5.74. The summed E-state index contributed by atoms with van der Waals surface area (Å²) in [4.78, 5) is 10.6. The van der Waals surface area contributed by atoms with Gasteiger partial charge in [-0.3, -0.25) is 9.48 Å². The number of allylic oxidation sites excluding steroid dienone is 1. The van der Waals surface area contributed by atoms with E-state index in [1.807, 2.05) is 0 Å². The fourth-order valence-corrected chi connectivity index (χ4v) is 1.01. The van der Waals surface area contributed by atoms with Crippen LogP contribution >= 0.6 is 0 Å². The number of carboxylic acid groups (broad SMARTS) is 1. The Bertz CT molecular complexity index is 319. The number of carboxylic acids is 1. The Morgan fingerprint density at radius 2 is 2.62 bits per heavy atom. The van der Waals surface area contributed by atoms with Crippen LogP contribution in [0.4, 0.5) is 0 Å². The van der Waals surface area contributed by atoms with E-state index in [4.69, 9.17) is 10.8 Å². The van der Waals surface area contributed by atoms with Crippen LogP contribution in [0.15, 0.2) is 24.9 Å². The number of hydrogen-bond donors (Lipinski definition) is 2. The van der Waals surface area contributed by atoms with Crippen molar-refractivity contribution in [2.75, 3.05) is 0 Å². The first-order valence-corrected chi connectivity index (χ1v) is 3.77. The first-order valence-electron chi connectivity index (χ1n) is 3.77. The van der Waals surface area contributed by atoms with E-state index >= 15 is 0 Å². The number of carbonyl (C=O) groups is 1. The van der Waals surface area contributed by atoms with Crippen LogP contribution in [0.25, 0.3) is 0 Å². The van der Waals surface area contributed by atoms with Crippen molar-refractivity contribution < 1.29 is 9.90 Å². The predicted molar refractivity (Wildman–Crippen MR) is 47.0 cm³/mol. The number of aromatic nitrogens is 2. The molecule has 0 aliphatic carbocycles. The van der Waals surface area contributed by atoms with Gasteiger partial charge in [-0.05, 0) is 6.07 Å². The molecule has 1 rings (SSSR count). The van der Waals surface area contributed by atoms with Crippen LogP contribution in [0.5, 0.6) is 0 Å². The third-order valence-corrected chi connectivity index (χ3v) is 1.64. The Balaban J connectivity index is 2.92. The molecule has 0 radical (unpaired) electrons. The zero-order valence-electron chi connectivity index (χ0n) is 7.05. The summed E-state index contributed by atoms with van der Waals surface area (Å²) in [6, 6.07) is 0.560. The third-order valence-electron chi connectivity index (χ3n) is 1.64. The van der Waals surface area contributed by atoms with Crippen molar-refractivity contribution in [3.8, 4) is 0 Å². The molecule has 5 nitrogen and oxygen atoms in total. The molecule has 0 bridgehead atoms. The molecule has 0 aromatic carbocycles. The molecular weight excluding hydrogens is 170 g/mol. The van der Waals surface area contributed by atoms with Gasteiger partial charge >= 0.3 is 5.97 Å². The van der Waals surface area contributed by atoms with E-state index in [1.165, 1.54) is 10.9 Å². The molecule has 1 atom stereocenters. The lowest BCUT2D eigenvalue weighted by Gasteiger charge is -2.08. The van der Waals surface area contributed by atoms with Crippen LogP contribution < -0.4 is 5.73 Å². The molecule has 0 spiro atoms. The second-order valence-electron chi connectivity index (χ2n) is 2.54. The Hall–Kier alpha value is -1.62. The summed E-state index contributed by atoms with van der Waals surface area (Å²) in [7, 11) is 0. The third kappa shape index (κ3) is 1.94. The lowest BCUT2D eigenvalue weighted by atomic mass is 10.2. The van der Waals surface area contributed by atoms with Crippen molar-refractivity contribution in [1.82, 2.24) is 9.78 Å². The zero-order valence-corrected chi connectivity index (χ0v) is 7.05. The fourth-order valence-electron chi connectivity index (χ4n) is 1.01. The van der Waals surface area contributed by atoms with E-state index in [0.717, 1.165) is 0 Å². The van der Waals surface area contributed by atoms with Gasteiger partial charge in [-0.15, -0.1) is 6.58 Å². The maximum absolute atomic E-state index is 10.6. The zero-order chi connectivity index (χ0) is 9.84. The summed E-state index contributed by atoms with van der Waals surface area (Å²) in [6.07, 6.45) is 3.15. The predicted octanol–water partition coefficient (Wildman–Crippen LogP) is 0.153. The standard InChI is InChI=1S/C8H11N3O2/c1-2-5-11-6(3-4-10-11)7(9)8(12)13/h2-4,7H,1,5,9H2,(H,12,13). The summed E-state index contributed by atoms with van der Waals surface area (Å²) in [6.45, 7) is 3.99. The van der Waals surface area contributed by atoms with Crippen molar-refractivity contribution >= 4 is 5.97 Å². The monoisotopic (exact) mass is 181 g/mol. The summed E-state index contributed by atoms with van der Waals surface area (Å²) in [5, 5.41) is 12.6. The second kappa shape index (κ2) is 3.86. The second-order valence-corrected chi connectivity index (χ2v) is 2.54. The number of rotatable bonds is 4. The van der Waals surface area contributed by atoms with Crippen molar-refractivity contribution in [1.29, 1.82) is 0 Å². The van der Waals surface area contributed by atoms with Gasteiger partial charge in [0.15, 0.2) is 0 Å². The van der Waals surface area contributed by atoms with E-state index in [0.29, 0.717) is 12.2 Å². The number of nitrogens with two attached hydrogens (primary N) is 1. The summed E-state index contributed by atoms with van der Waals surface area (Å²) < 4.78 is 1.51. The molecule has 0 aliphatic rings. The average molecular weight is 181 g/mol. The minimum absolute atomic E-state index is 0.462. The quantitative estimate of drug-likeness (QED) is 0.648. The van der Waals surface area contributed by atoms with Crippen LogP contribution in [0.3, 0.4) is 0 Å². The minimum Gasteiger partial charge on any atom is -0.480 e. The number of aliphatic carboxylic acids is 1. The number of hydrogen-bond acceptors (Lipinski definition) is 3. The van der Waals surface area contributed by atoms with Gasteiger partial charge in [0.2, 0.25) is 0 Å².